The van der Waals surface area contributed by atoms with Crippen LogP contribution in [0, 0.1) is 6.92 Å². The minimum absolute atomic E-state index is 0.109. The molecule has 2 amide bonds. The van der Waals surface area contributed by atoms with Crippen LogP contribution in [-0.2, 0) is 22.6 Å². The molecule has 0 heterocycles. The lowest BCUT2D eigenvalue weighted by Gasteiger charge is -2.31. The smallest absolute Gasteiger partial charge is 0.242 e. The van der Waals surface area contributed by atoms with Crippen molar-refractivity contribution >= 4 is 35.0 Å². The number of rotatable bonds is 8. The molecule has 0 fully saturated rings. The third-order valence-electron chi connectivity index (χ3n) is 4.70. The van der Waals surface area contributed by atoms with Crippen LogP contribution < -0.4 is 5.32 Å². The number of aryl methyl sites for hydroxylation is 1. The van der Waals surface area contributed by atoms with Crippen LogP contribution >= 0.6 is 23.2 Å². The van der Waals surface area contributed by atoms with Crippen LogP contribution in [0.4, 0.5) is 0 Å². The van der Waals surface area contributed by atoms with E-state index in [2.05, 4.69) is 5.32 Å². The van der Waals surface area contributed by atoms with Crippen molar-refractivity contribution in [2.24, 2.45) is 0 Å². The molecular weight excluding hydrogens is 395 g/mol. The average Bonchev–Trinajstić information content (AvgIpc) is 2.65. The molecule has 0 aliphatic carbocycles. The van der Waals surface area contributed by atoms with Crippen molar-refractivity contribution in [1.29, 1.82) is 0 Å². The van der Waals surface area contributed by atoms with Crippen LogP contribution in [0.1, 0.15) is 37.0 Å². The van der Waals surface area contributed by atoms with E-state index in [4.69, 9.17) is 23.2 Å². The molecule has 0 saturated heterocycles. The molecule has 0 saturated carbocycles. The molecule has 0 aliphatic rings. The highest BCUT2D eigenvalue weighted by atomic mass is 35.5. The highest BCUT2D eigenvalue weighted by Gasteiger charge is 2.29. The number of nitrogens with one attached hydrogen (secondary N) is 1. The predicted molar refractivity (Wildman–Crippen MR) is 115 cm³/mol. The van der Waals surface area contributed by atoms with Crippen molar-refractivity contribution in [3.63, 3.8) is 0 Å². The van der Waals surface area contributed by atoms with Crippen molar-refractivity contribution in [3.8, 4) is 0 Å². The van der Waals surface area contributed by atoms with E-state index in [1.165, 1.54) is 0 Å². The van der Waals surface area contributed by atoms with E-state index in [9.17, 15) is 9.59 Å². The highest BCUT2D eigenvalue weighted by molar-refractivity contribution is 6.35. The number of likely N-dealkylation sites (N-methyl/N-ethyl adjacent to an activating group) is 1. The van der Waals surface area contributed by atoms with E-state index >= 15 is 0 Å². The Bertz CT molecular complexity index is 839. The Morgan fingerprint density at radius 1 is 1.07 bits per heavy atom. The van der Waals surface area contributed by atoms with Gasteiger partial charge in [-0.3, -0.25) is 9.59 Å². The summed E-state index contributed by atoms with van der Waals surface area (Å²) in [5.41, 5.74) is 2.79. The van der Waals surface area contributed by atoms with Crippen LogP contribution in [-0.4, -0.2) is 29.3 Å². The molecule has 28 heavy (non-hydrogen) atoms. The predicted octanol–water partition coefficient (Wildman–Crippen LogP) is 4.79. The van der Waals surface area contributed by atoms with Crippen molar-refractivity contribution < 1.29 is 9.59 Å². The Hall–Kier alpha value is -2.04. The molecule has 1 N–H and O–H groups in total. The van der Waals surface area contributed by atoms with Crippen LogP contribution in [0.3, 0.4) is 0 Å². The summed E-state index contributed by atoms with van der Waals surface area (Å²) in [6.45, 7) is 6.66. The molecule has 0 bridgehead atoms. The lowest BCUT2D eigenvalue weighted by molar-refractivity contribution is -0.140. The van der Waals surface area contributed by atoms with Gasteiger partial charge in [-0.05, 0) is 49.1 Å². The van der Waals surface area contributed by atoms with Gasteiger partial charge < -0.3 is 10.2 Å². The van der Waals surface area contributed by atoms with Crippen molar-refractivity contribution in [1.82, 2.24) is 10.2 Å². The second-order valence-corrected chi connectivity index (χ2v) is 7.52. The molecule has 0 spiro atoms. The third-order valence-corrected chi connectivity index (χ3v) is 5.28. The van der Waals surface area contributed by atoms with Gasteiger partial charge in [0.2, 0.25) is 11.8 Å². The molecule has 0 aliphatic heterocycles. The molecule has 0 radical (unpaired) electrons. The Balaban J connectivity index is 2.33. The van der Waals surface area contributed by atoms with Gasteiger partial charge in [-0.2, -0.15) is 0 Å². The standard InChI is InChI=1S/C22H26Cl2N2O2/c1-4-20(22(28)25-5-2)26(14-17-9-7-6-8-15(17)3)21(27)12-16-10-11-18(23)13-19(16)24/h6-11,13,20H,4-5,12,14H2,1-3H3,(H,25,28). The van der Waals surface area contributed by atoms with Gasteiger partial charge >= 0.3 is 0 Å². The molecule has 2 aromatic carbocycles. The van der Waals surface area contributed by atoms with E-state index in [1.807, 2.05) is 45.0 Å². The van der Waals surface area contributed by atoms with E-state index in [1.54, 1.807) is 23.1 Å². The Morgan fingerprint density at radius 3 is 2.39 bits per heavy atom. The van der Waals surface area contributed by atoms with Gasteiger partial charge in [-0.25, -0.2) is 0 Å². The second kappa shape index (κ2) is 10.5. The summed E-state index contributed by atoms with van der Waals surface area (Å²) in [7, 11) is 0. The molecular formula is C22H26Cl2N2O2. The van der Waals surface area contributed by atoms with Crippen molar-refractivity contribution in [2.45, 2.75) is 46.2 Å². The molecule has 0 aromatic heterocycles. The van der Waals surface area contributed by atoms with Crippen LogP contribution in [0.25, 0.3) is 0 Å². The summed E-state index contributed by atoms with van der Waals surface area (Å²) >= 11 is 12.2. The van der Waals surface area contributed by atoms with Gasteiger partial charge in [-0.1, -0.05) is 60.5 Å². The zero-order valence-electron chi connectivity index (χ0n) is 16.5. The topological polar surface area (TPSA) is 49.4 Å². The first-order valence-electron chi connectivity index (χ1n) is 9.42. The monoisotopic (exact) mass is 420 g/mol. The maximum absolute atomic E-state index is 13.2. The SMILES string of the molecule is CCNC(=O)C(CC)N(Cc1ccccc1C)C(=O)Cc1ccc(Cl)cc1Cl. The Labute approximate surface area is 176 Å². The second-order valence-electron chi connectivity index (χ2n) is 6.68. The number of nitrogens with zero attached hydrogens (tertiary/aromatic N) is 1. The maximum atomic E-state index is 13.2. The summed E-state index contributed by atoms with van der Waals surface area (Å²) in [5.74, 6) is -0.292. The first-order valence-corrected chi connectivity index (χ1v) is 10.2. The van der Waals surface area contributed by atoms with Gasteiger partial charge in [0.1, 0.15) is 6.04 Å². The summed E-state index contributed by atoms with van der Waals surface area (Å²) < 4.78 is 0. The van der Waals surface area contributed by atoms with Crippen LogP contribution in [0.5, 0.6) is 0 Å². The largest absolute Gasteiger partial charge is 0.355 e. The van der Waals surface area contributed by atoms with Crippen LogP contribution in [0.2, 0.25) is 10.0 Å². The molecule has 1 atom stereocenters. The van der Waals surface area contributed by atoms with E-state index in [0.29, 0.717) is 35.1 Å². The van der Waals surface area contributed by atoms with E-state index in [-0.39, 0.29) is 18.2 Å². The molecule has 6 heteroatoms. The quantitative estimate of drug-likeness (QED) is 0.667. The molecule has 2 aromatic rings. The number of amides is 2. The fraction of sp³-hybridized carbons (Fsp3) is 0.364. The zero-order valence-corrected chi connectivity index (χ0v) is 18.0. The number of hydrogen-bond acceptors (Lipinski definition) is 2. The van der Waals surface area contributed by atoms with E-state index in [0.717, 1.165) is 11.1 Å². The van der Waals surface area contributed by atoms with Gasteiger partial charge in [0, 0.05) is 23.1 Å². The van der Waals surface area contributed by atoms with E-state index < -0.39 is 6.04 Å². The van der Waals surface area contributed by atoms with Crippen molar-refractivity contribution in [3.05, 3.63) is 69.2 Å². The number of carbonyl (C=O) groups excluding carboxylic acids is 2. The lowest BCUT2D eigenvalue weighted by Crippen LogP contribution is -2.49. The van der Waals surface area contributed by atoms with Crippen LogP contribution in [0.15, 0.2) is 42.5 Å². The minimum atomic E-state index is -0.543. The minimum Gasteiger partial charge on any atom is -0.355 e. The number of carbonyl (C=O) groups is 2. The summed E-state index contributed by atoms with van der Waals surface area (Å²) in [6.07, 6.45) is 0.635. The number of benzene rings is 2. The summed E-state index contributed by atoms with van der Waals surface area (Å²) in [6, 6.07) is 12.4. The molecule has 4 nitrogen and oxygen atoms in total. The molecule has 1 unspecified atom stereocenters. The summed E-state index contributed by atoms with van der Waals surface area (Å²) in [5, 5.41) is 3.81. The normalized spacial score (nSPS) is 11.8. The highest BCUT2D eigenvalue weighted by Crippen LogP contribution is 2.23. The Morgan fingerprint density at radius 2 is 1.79 bits per heavy atom. The first-order chi connectivity index (χ1) is 13.4. The average molecular weight is 421 g/mol. The van der Waals surface area contributed by atoms with Crippen molar-refractivity contribution in [2.75, 3.05) is 6.54 Å². The number of halogens is 2. The van der Waals surface area contributed by atoms with Gasteiger partial charge in [0.15, 0.2) is 0 Å². The third kappa shape index (κ3) is 5.73. The zero-order chi connectivity index (χ0) is 20.7. The molecule has 2 rings (SSSR count). The fourth-order valence-corrected chi connectivity index (χ4v) is 3.59. The lowest BCUT2D eigenvalue weighted by atomic mass is 10.0. The van der Waals surface area contributed by atoms with Gasteiger partial charge in [-0.15, -0.1) is 0 Å². The summed E-state index contributed by atoms with van der Waals surface area (Å²) in [4.78, 5) is 27.5. The number of hydrogen-bond donors (Lipinski definition) is 1. The van der Waals surface area contributed by atoms with Gasteiger partial charge in [0.25, 0.3) is 0 Å². The Kier molecular flexibility index (Phi) is 8.34. The maximum Gasteiger partial charge on any atom is 0.242 e. The van der Waals surface area contributed by atoms with Gasteiger partial charge in [0.05, 0.1) is 6.42 Å². The molecule has 150 valence electrons. The first kappa shape index (κ1) is 22.3. The fourth-order valence-electron chi connectivity index (χ4n) is 3.11.